The zero-order chi connectivity index (χ0) is 11.4. The summed E-state index contributed by atoms with van der Waals surface area (Å²) in [4.78, 5) is 11.2. The number of hydrazine groups is 1. The van der Waals surface area contributed by atoms with Crippen LogP contribution in [0.15, 0.2) is 18.2 Å². The first-order valence-corrected chi connectivity index (χ1v) is 4.61. The van der Waals surface area contributed by atoms with Gasteiger partial charge in [-0.1, -0.05) is 0 Å². The average Bonchev–Trinajstić information content (AvgIpc) is 2.19. The summed E-state index contributed by atoms with van der Waals surface area (Å²) in [6, 6.07) is 4.79. The van der Waals surface area contributed by atoms with Crippen LogP contribution < -0.4 is 21.7 Å². The number of nitrogen functional groups attached to an aromatic ring is 2. The highest BCUT2D eigenvalue weighted by molar-refractivity contribution is 5.95. The van der Waals surface area contributed by atoms with Gasteiger partial charge in [-0.2, -0.15) is 0 Å². The molecule has 1 amide bonds. The molecule has 0 aromatic heterocycles. The van der Waals surface area contributed by atoms with E-state index < -0.39 is 0 Å². The average molecular weight is 209 g/mol. The van der Waals surface area contributed by atoms with Gasteiger partial charge in [-0.3, -0.25) is 10.2 Å². The Morgan fingerprint density at radius 2 is 2.13 bits per heavy atom. The van der Waals surface area contributed by atoms with Crippen molar-refractivity contribution >= 4 is 11.6 Å². The fourth-order valence-electron chi connectivity index (χ4n) is 1.13. The van der Waals surface area contributed by atoms with Crippen molar-refractivity contribution in [1.82, 2.24) is 5.43 Å². The molecule has 0 saturated carbocycles. The summed E-state index contributed by atoms with van der Waals surface area (Å²) in [5.74, 6) is 5.19. The van der Waals surface area contributed by atoms with Crippen molar-refractivity contribution in [3.8, 4) is 5.75 Å². The molecule has 5 nitrogen and oxygen atoms in total. The van der Waals surface area contributed by atoms with E-state index in [4.69, 9.17) is 16.3 Å². The summed E-state index contributed by atoms with van der Waals surface area (Å²) < 4.78 is 5.43. The number of hydrogen-bond donors (Lipinski definition) is 3. The lowest BCUT2D eigenvalue weighted by molar-refractivity contribution is 0.0953. The van der Waals surface area contributed by atoms with E-state index in [1.54, 1.807) is 12.1 Å². The van der Waals surface area contributed by atoms with E-state index in [1.807, 2.05) is 19.3 Å². The molecule has 5 N–H and O–H groups in total. The summed E-state index contributed by atoms with van der Waals surface area (Å²) in [5.41, 5.74) is 8.58. The Morgan fingerprint density at radius 1 is 1.47 bits per heavy atom. The topological polar surface area (TPSA) is 90.4 Å². The number of ether oxygens (including phenoxy) is 1. The Balaban J connectivity index is 2.93. The Hall–Kier alpha value is -1.75. The van der Waals surface area contributed by atoms with Gasteiger partial charge in [-0.25, -0.2) is 5.84 Å². The molecule has 0 heterocycles. The Bertz CT molecular complexity index is 364. The van der Waals surface area contributed by atoms with Crippen molar-refractivity contribution < 1.29 is 9.53 Å². The van der Waals surface area contributed by atoms with Gasteiger partial charge in [0.2, 0.25) is 0 Å². The van der Waals surface area contributed by atoms with Gasteiger partial charge in [0.1, 0.15) is 5.75 Å². The molecule has 0 fully saturated rings. The van der Waals surface area contributed by atoms with Crippen molar-refractivity contribution in [2.45, 2.75) is 20.0 Å². The zero-order valence-electron chi connectivity index (χ0n) is 8.78. The Morgan fingerprint density at radius 3 is 2.60 bits per heavy atom. The van der Waals surface area contributed by atoms with Gasteiger partial charge in [-0.15, -0.1) is 0 Å². The molecule has 0 aliphatic carbocycles. The third kappa shape index (κ3) is 2.85. The predicted octanol–water partition coefficient (Wildman–Crippen LogP) is 0.659. The molecule has 0 aliphatic rings. The number of hydrogen-bond acceptors (Lipinski definition) is 4. The number of rotatable bonds is 3. The van der Waals surface area contributed by atoms with E-state index in [0.29, 0.717) is 17.0 Å². The van der Waals surface area contributed by atoms with Crippen LogP contribution in [0, 0.1) is 0 Å². The van der Waals surface area contributed by atoms with Crippen molar-refractivity contribution in [2.24, 2.45) is 5.84 Å². The minimum atomic E-state index is -0.377. The van der Waals surface area contributed by atoms with Crippen molar-refractivity contribution in [3.05, 3.63) is 23.8 Å². The molecule has 82 valence electrons. The summed E-state index contributed by atoms with van der Waals surface area (Å²) in [5, 5.41) is 0. The number of amides is 1. The first-order valence-electron chi connectivity index (χ1n) is 4.61. The minimum absolute atomic E-state index is 0.0430. The molecule has 1 aromatic carbocycles. The van der Waals surface area contributed by atoms with Gasteiger partial charge < -0.3 is 10.5 Å². The van der Waals surface area contributed by atoms with Gasteiger partial charge in [-0.05, 0) is 32.0 Å². The lowest BCUT2D eigenvalue weighted by Gasteiger charge is -2.12. The number of carbonyl (C=O) groups excluding carboxylic acids is 1. The van der Waals surface area contributed by atoms with Crippen LogP contribution >= 0.6 is 0 Å². The van der Waals surface area contributed by atoms with Crippen molar-refractivity contribution in [2.75, 3.05) is 5.73 Å². The normalized spacial score (nSPS) is 10.1. The van der Waals surface area contributed by atoms with Crippen LogP contribution in [0.1, 0.15) is 24.2 Å². The highest BCUT2D eigenvalue weighted by atomic mass is 16.5. The highest BCUT2D eigenvalue weighted by Gasteiger charge is 2.08. The largest absolute Gasteiger partial charge is 0.489 e. The van der Waals surface area contributed by atoms with E-state index in [-0.39, 0.29) is 12.0 Å². The standard InChI is InChI=1S/C10H15N3O2/c1-6(2)15-9-4-3-7(5-8(9)11)10(14)13-12/h3-6H,11-12H2,1-2H3,(H,13,14). The fourth-order valence-corrected chi connectivity index (χ4v) is 1.13. The molecule has 0 unspecified atom stereocenters. The molecule has 0 radical (unpaired) electrons. The number of nitrogens with two attached hydrogens (primary N) is 2. The third-order valence-electron chi connectivity index (χ3n) is 1.77. The molecule has 0 spiro atoms. The number of carbonyl (C=O) groups is 1. The second kappa shape index (κ2) is 4.65. The molecule has 1 aromatic rings. The predicted molar refractivity (Wildman–Crippen MR) is 58.3 cm³/mol. The zero-order valence-corrected chi connectivity index (χ0v) is 8.78. The molecular weight excluding hydrogens is 194 g/mol. The number of anilines is 1. The van der Waals surface area contributed by atoms with Crippen LogP contribution in [0.4, 0.5) is 5.69 Å². The maximum absolute atomic E-state index is 11.2. The smallest absolute Gasteiger partial charge is 0.265 e. The first kappa shape index (κ1) is 11.3. The van der Waals surface area contributed by atoms with E-state index in [9.17, 15) is 4.79 Å². The van der Waals surface area contributed by atoms with E-state index in [2.05, 4.69) is 0 Å². The summed E-state index contributed by atoms with van der Waals surface area (Å²) >= 11 is 0. The molecule has 5 heteroatoms. The quantitative estimate of drug-likeness (QED) is 0.295. The molecule has 0 aliphatic heterocycles. The van der Waals surface area contributed by atoms with Gasteiger partial charge >= 0.3 is 0 Å². The maximum atomic E-state index is 11.2. The van der Waals surface area contributed by atoms with Crippen LogP contribution in [0.3, 0.4) is 0 Å². The Kier molecular flexibility index (Phi) is 3.51. The number of benzene rings is 1. The molecule has 15 heavy (non-hydrogen) atoms. The van der Waals surface area contributed by atoms with Crippen LogP contribution in [-0.2, 0) is 0 Å². The fraction of sp³-hybridized carbons (Fsp3) is 0.300. The molecule has 1 rings (SSSR count). The lowest BCUT2D eigenvalue weighted by Crippen LogP contribution is -2.30. The SMILES string of the molecule is CC(C)Oc1ccc(C(=O)NN)cc1N. The summed E-state index contributed by atoms with van der Waals surface area (Å²) in [6.45, 7) is 3.81. The van der Waals surface area contributed by atoms with E-state index in [0.717, 1.165) is 0 Å². The van der Waals surface area contributed by atoms with Gasteiger partial charge in [0.05, 0.1) is 11.8 Å². The number of nitrogens with one attached hydrogen (secondary N) is 1. The van der Waals surface area contributed by atoms with Crippen molar-refractivity contribution in [3.63, 3.8) is 0 Å². The van der Waals surface area contributed by atoms with Gasteiger partial charge in [0, 0.05) is 5.56 Å². The van der Waals surface area contributed by atoms with E-state index in [1.165, 1.54) is 6.07 Å². The van der Waals surface area contributed by atoms with Gasteiger partial charge in [0.25, 0.3) is 5.91 Å². The summed E-state index contributed by atoms with van der Waals surface area (Å²) in [7, 11) is 0. The second-order valence-corrected chi connectivity index (χ2v) is 3.39. The van der Waals surface area contributed by atoms with Crippen molar-refractivity contribution in [1.29, 1.82) is 0 Å². The molecular formula is C10H15N3O2. The van der Waals surface area contributed by atoms with Gasteiger partial charge in [0.15, 0.2) is 0 Å². The summed E-state index contributed by atoms with van der Waals surface area (Å²) in [6.07, 6.45) is 0.0430. The lowest BCUT2D eigenvalue weighted by atomic mass is 10.2. The molecule has 0 saturated heterocycles. The monoisotopic (exact) mass is 209 g/mol. The maximum Gasteiger partial charge on any atom is 0.265 e. The molecule has 0 bridgehead atoms. The van der Waals surface area contributed by atoms with Crippen LogP contribution in [0.25, 0.3) is 0 Å². The highest BCUT2D eigenvalue weighted by Crippen LogP contribution is 2.23. The third-order valence-corrected chi connectivity index (χ3v) is 1.77. The second-order valence-electron chi connectivity index (χ2n) is 3.39. The van der Waals surface area contributed by atoms with Crippen LogP contribution in [-0.4, -0.2) is 12.0 Å². The van der Waals surface area contributed by atoms with Crippen LogP contribution in [0.5, 0.6) is 5.75 Å². The first-order chi connectivity index (χ1) is 7.04. The molecule has 0 atom stereocenters. The minimum Gasteiger partial charge on any atom is -0.489 e. The van der Waals surface area contributed by atoms with Crippen LogP contribution in [0.2, 0.25) is 0 Å². The van der Waals surface area contributed by atoms with E-state index >= 15 is 0 Å². The Labute approximate surface area is 88.4 Å².